The summed E-state index contributed by atoms with van der Waals surface area (Å²) in [6.07, 6.45) is -0.609. The fraction of sp³-hybridized carbons (Fsp3) is 0.333. The lowest BCUT2D eigenvalue weighted by atomic mass is 10.1. The molecular weight excluding hydrogens is 416 g/mol. The molecule has 23 heavy (non-hydrogen) atoms. The Hall–Kier alpha value is -1.36. The van der Waals surface area contributed by atoms with E-state index in [2.05, 4.69) is 35.4 Å². The molecule has 1 aromatic rings. The topological polar surface area (TPSA) is 111 Å². The van der Waals surface area contributed by atoms with Crippen molar-refractivity contribution in [2.75, 3.05) is 19.5 Å². The lowest BCUT2D eigenvalue weighted by molar-refractivity contribution is -0.153. The maximum atomic E-state index is 12.5. The molecule has 2 rings (SSSR count). The fourth-order valence-electron chi connectivity index (χ4n) is 2.10. The summed E-state index contributed by atoms with van der Waals surface area (Å²) in [4.78, 5) is 23.6. The van der Waals surface area contributed by atoms with Gasteiger partial charge >= 0.3 is 11.9 Å². The summed E-state index contributed by atoms with van der Waals surface area (Å²) in [6, 6.07) is 2.61. The predicted octanol–water partition coefficient (Wildman–Crippen LogP) is 1.24. The number of methoxy groups -OCH3 is 2. The molecule has 1 heterocycles. The van der Waals surface area contributed by atoms with E-state index in [0.717, 1.165) is 14.2 Å². The van der Waals surface area contributed by atoms with E-state index in [-0.39, 0.29) is 15.6 Å². The van der Waals surface area contributed by atoms with Crippen LogP contribution in [-0.2, 0) is 29.1 Å². The van der Waals surface area contributed by atoms with Crippen molar-refractivity contribution in [1.82, 2.24) is 4.72 Å². The number of esters is 2. The number of carbonyl (C=O) groups is 2. The molecule has 0 aliphatic carbocycles. The van der Waals surface area contributed by atoms with Gasteiger partial charge in [0.05, 0.1) is 31.4 Å². The Balaban J connectivity index is 2.62. The average molecular weight is 428 g/mol. The Bertz CT molecular complexity index is 784. The number of nitrogens with one attached hydrogen (secondary N) is 2. The first-order valence-corrected chi connectivity index (χ1v) is 8.77. The number of ether oxygens (including phenoxy) is 2. The quantitative estimate of drug-likeness (QED) is 0.698. The second-order valence-electron chi connectivity index (χ2n) is 4.64. The molecular formula is C12H12BrClN2O6S. The fourth-order valence-corrected chi connectivity index (χ4v) is 4.20. The zero-order valence-corrected chi connectivity index (χ0v) is 15.1. The van der Waals surface area contributed by atoms with Crippen LogP contribution in [0.1, 0.15) is 6.42 Å². The number of hydrogen-bond acceptors (Lipinski definition) is 7. The number of benzene rings is 1. The number of carbonyl (C=O) groups excluding carboxylic acids is 2. The molecule has 0 saturated heterocycles. The number of anilines is 1. The molecule has 1 aliphatic heterocycles. The van der Waals surface area contributed by atoms with Crippen molar-refractivity contribution in [2.45, 2.75) is 17.0 Å². The van der Waals surface area contributed by atoms with E-state index >= 15 is 0 Å². The van der Waals surface area contributed by atoms with Crippen molar-refractivity contribution in [3.63, 3.8) is 0 Å². The minimum Gasteiger partial charge on any atom is -0.469 e. The van der Waals surface area contributed by atoms with Crippen molar-refractivity contribution in [3.8, 4) is 0 Å². The second-order valence-corrected chi connectivity index (χ2v) is 7.56. The van der Waals surface area contributed by atoms with Crippen molar-refractivity contribution in [1.29, 1.82) is 0 Å². The number of rotatable bonds is 3. The van der Waals surface area contributed by atoms with Crippen LogP contribution in [0.4, 0.5) is 5.69 Å². The molecule has 8 nitrogen and oxygen atoms in total. The summed E-state index contributed by atoms with van der Waals surface area (Å²) in [5.41, 5.74) is -1.96. The third-order valence-electron chi connectivity index (χ3n) is 3.14. The van der Waals surface area contributed by atoms with Crippen LogP contribution in [0, 0.1) is 0 Å². The van der Waals surface area contributed by atoms with Crippen molar-refractivity contribution in [2.24, 2.45) is 0 Å². The van der Waals surface area contributed by atoms with Crippen LogP contribution in [0.3, 0.4) is 0 Å². The average Bonchev–Trinajstić information content (AvgIpc) is 2.47. The molecule has 0 amide bonds. The molecule has 126 valence electrons. The van der Waals surface area contributed by atoms with Crippen LogP contribution >= 0.6 is 27.5 Å². The van der Waals surface area contributed by atoms with Gasteiger partial charge in [-0.2, -0.15) is 4.72 Å². The Morgan fingerprint density at radius 2 is 1.96 bits per heavy atom. The molecule has 1 aromatic carbocycles. The van der Waals surface area contributed by atoms with Crippen molar-refractivity contribution < 1.29 is 27.5 Å². The highest BCUT2D eigenvalue weighted by atomic mass is 79.9. The van der Waals surface area contributed by atoms with E-state index in [0.29, 0.717) is 4.47 Å². The van der Waals surface area contributed by atoms with Crippen LogP contribution in [-0.4, -0.2) is 40.2 Å². The Kier molecular flexibility index (Phi) is 4.90. The molecule has 1 aliphatic rings. The van der Waals surface area contributed by atoms with E-state index < -0.39 is 34.0 Å². The predicted molar refractivity (Wildman–Crippen MR) is 84.5 cm³/mol. The highest BCUT2D eigenvalue weighted by molar-refractivity contribution is 9.10. The standard InChI is InChI=1S/C12H12BrClN2O6S/c1-21-10(17)5-12(11(18)22-2)15-8-4-7(14)6(13)3-9(8)23(19,20)16-12/h3-4,15-16H,5H2,1-2H3. The molecule has 1 unspecified atom stereocenters. The highest BCUT2D eigenvalue weighted by Crippen LogP contribution is 2.37. The summed E-state index contributed by atoms with van der Waals surface area (Å²) in [5.74, 6) is -1.80. The largest absolute Gasteiger partial charge is 0.469 e. The molecule has 1 atom stereocenters. The van der Waals surface area contributed by atoms with Crippen LogP contribution in [0.25, 0.3) is 0 Å². The number of halogens is 2. The summed E-state index contributed by atoms with van der Waals surface area (Å²) >= 11 is 9.10. The second kappa shape index (κ2) is 6.27. The third kappa shape index (κ3) is 3.30. The maximum absolute atomic E-state index is 12.5. The highest BCUT2D eigenvalue weighted by Gasteiger charge is 2.50. The van der Waals surface area contributed by atoms with Crippen LogP contribution in [0.5, 0.6) is 0 Å². The van der Waals surface area contributed by atoms with Crippen LogP contribution in [0.15, 0.2) is 21.5 Å². The molecule has 0 saturated carbocycles. The SMILES string of the molecule is COC(=O)CC1(C(=O)OC)Nc2cc(Cl)c(Br)cc2S(=O)(=O)N1. The summed E-state index contributed by atoms with van der Waals surface area (Å²) in [6.45, 7) is 0. The lowest BCUT2D eigenvalue weighted by Crippen LogP contribution is -2.63. The van der Waals surface area contributed by atoms with Gasteiger partial charge in [0.2, 0.25) is 15.7 Å². The smallest absolute Gasteiger partial charge is 0.348 e. The normalized spacial score (nSPS) is 21.7. The van der Waals surface area contributed by atoms with Gasteiger partial charge in [0.1, 0.15) is 4.90 Å². The molecule has 11 heteroatoms. The van der Waals surface area contributed by atoms with Gasteiger partial charge in [0.25, 0.3) is 0 Å². The first-order chi connectivity index (χ1) is 10.6. The zero-order valence-electron chi connectivity index (χ0n) is 12.0. The first kappa shape index (κ1) is 18.0. The Morgan fingerprint density at radius 1 is 1.30 bits per heavy atom. The van der Waals surface area contributed by atoms with Gasteiger partial charge in [-0.25, -0.2) is 13.2 Å². The van der Waals surface area contributed by atoms with Gasteiger partial charge in [-0.1, -0.05) is 11.6 Å². The minimum absolute atomic E-state index is 0.0613. The summed E-state index contributed by atoms with van der Waals surface area (Å²) in [7, 11) is -1.92. The molecule has 0 spiro atoms. The van der Waals surface area contributed by atoms with Gasteiger partial charge < -0.3 is 14.8 Å². The van der Waals surface area contributed by atoms with E-state index in [1.165, 1.54) is 12.1 Å². The van der Waals surface area contributed by atoms with E-state index in [9.17, 15) is 18.0 Å². The summed E-state index contributed by atoms with van der Waals surface area (Å²) in [5, 5.41) is 2.91. The van der Waals surface area contributed by atoms with Crippen molar-refractivity contribution in [3.05, 3.63) is 21.6 Å². The molecule has 0 radical (unpaired) electrons. The molecule has 0 bridgehead atoms. The van der Waals surface area contributed by atoms with Gasteiger partial charge in [0.15, 0.2) is 0 Å². The van der Waals surface area contributed by atoms with E-state index in [4.69, 9.17) is 11.6 Å². The number of sulfonamides is 1. The summed E-state index contributed by atoms with van der Waals surface area (Å²) < 4.78 is 36.6. The van der Waals surface area contributed by atoms with Crippen LogP contribution < -0.4 is 10.0 Å². The number of fused-ring (bicyclic) bond motifs is 1. The molecule has 0 aromatic heterocycles. The van der Waals surface area contributed by atoms with E-state index in [1.54, 1.807) is 0 Å². The Morgan fingerprint density at radius 3 is 2.52 bits per heavy atom. The van der Waals surface area contributed by atoms with E-state index in [1.807, 2.05) is 0 Å². The zero-order chi connectivity index (χ0) is 17.4. The van der Waals surface area contributed by atoms with Gasteiger partial charge in [0, 0.05) is 4.47 Å². The minimum atomic E-state index is -4.11. The monoisotopic (exact) mass is 426 g/mol. The lowest BCUT2D eigenvalue weighted by Gasteiger charge is -2.37. The van der Waals surface area contributed by atoms with Gasteiger partial charge in [-0.05, 0) is 28.1 Å². The van der Waals surface area contributed by atoms with Crippen molar-refractivity contribution >= 4 is 55.2 Å². The Labute approximate surface area is 145 Å². The third-order valence-corrected chi connectivity index (χ3v) is 5.87. The van der Waals surface area contributed by atoms with Gasteiger partial charge in [-0.3, -0.25) is 4.79 Å². The first-order valence-electron chi connectivity index (χ1n) is 6.11. The number of hydrogen-bond donors (Lipinski definition) is 2. The molecule has 0 fully saturated rings. The van der Waals surface area contributed by atoms with Crippen LogP contribution in [0.2, 0.25) is 5.02 Å². The van der Waals surface area contributed by atoms with Gasteiger partial charge in [-0.15, -0.1) is 0 Å². The molecule has 2 N–H and O–H groups in total. The maximum Gasteiger partial charge on any atom is 0.348 e.